The Morgan fingerprint density at radius 2 is 1.60 bits per heavy atom. The van der Waals surface area contributed by atoms with Crippen molar-refractivity contribution in [3.8, 4) is 0 Å². The van der Waals surface area contributed by atoms with Gasteiger partial charge in [-0.25, -0.2) is 0 Å². The van der Waals surface area contributed by atoms with Crippen LogP contribution in [0.3, 0.4) is 0 Å². The third-order valence-corrected chi connectivity index (χ3v) is 4.82. The minimum absolute atomic E-state index is 0. The topological polar surface area (TPSA) is 30.5 Å². The molecule has 1 saturated heterocycles. The van der Waals surface area contributed by atoms with Crippen molar-refractivity contribution in [1.29, 1.82) is 0 Å². The highest BCUT2D eigenvalue weighted by Gasteiger charge is 2.46. The van der Waals surface area contributed by atoms with Crippen LogP contribution in [0.5, 0.6) is 0 Å². The molecule has 20 heavy (non-hydrogen) atoms. The molecular formula is C16H24ClNO2. The first-order valence-corrected chi connectivity index (χ1v) is 7.23. The Kier molecular flexibility index (Phi) is 4.75. The molecule has 2 aliphatic rings. The van der Waals surface area contributed by atoms with Gasteiger partial charge in [0.1, 0.15) is 0 Å². The van der Waals surface area contributed by atoms with E-state index < -0.39 is 0 Å². The number of aryl methyl sites for hydroxylation is 1. The van der Waals surface area contributed by atoms with E-state index in [2.05, 4.69) is 43.6 Å². The van der Waals surface area contributed by atoms with Crippen LogP contribution in [0.4, 0.5) is 0 Å². The van der Waals surface area contributed by atoms with Gasteiger partial charge in [-0.1, -0.05) is 24.3 Å². The van der Waals surface area contributed by atoms with Crippen LogP contribution in [-0.2, 0) is 15.0 Å². The van der Waals surface area contributed by atoms with E-state index in [4.69, 9.17) is 9.47 Å². The molecule has 1 saturated carbocycles. The normalized spacial score (nSPS) is 23.5. The lowest BCUT2D eigenvalue weighted by molar-refractivity contribution is -0.186. The van der Waals surface area contributed by atoms with Crippen LogP contribution in [0.1, 0.15) is 36.8 Å². The van der Waals surface area contributed by atoms with E-state index in [0.717, 1.165) is 38.9 Å². The Balaban J connectivity index is 0.00000147. The van der Waals surface area contributed by atoms with Gasteiger partial charge in [-0.05, 0) is 37.9 Å². The SMILES string of the molecule is CNC1(c2ccccc2C)CCC2(CC1)OCCO2.Cl. The number of hydrogen-bond acceptors (Lipinski definition) is 3. The van der Waals surface area contributed by atoms with E-state index in [9.17, 15) is 0 Å². The van der Waals surface area contributed by atoms with Crippen LogP contribution >= 0.6 is 12.4 Å². The van der Waals surface area contributed by atoms with Gasteiger partial charge in [0.15, 0.2) is 5.79 Å². The van der Waals surface area contributed by atoms with Crippen molar-refractivity contribution in [1.82, 2.24) is 5.32 Å². The highest BCUT2D eigenvalue weighted by Crippen LogP contribution is 2.45. The van der Waals surface area contributed by atoms with Gasteiger partial charge in [0, 0.05) is 18.4 Å². The van der Waals surface area contributed by atoms with Crippen molar-refractivity contribution >= 4 is 12.4 Å². The molecular weight excluding hydrogens is 274 g/mol. The third-order valence-electron chi connectivity index (χ3n) is 4.82. The summed E-state index contributed by atoms with van der Waals surface area (Å²) in [6.45, 7) is 3.69. The molecule has 1 spiro atoms. The van der Waals surface area contributed by atoms with Gasteiger partial charge < -0.3 is 14.8 Å². The fourth-order valence-corrected chi connectivity index (χ4v) is 3.61. The van der Waals surface area contributed by atoms with E-state index in [1.807, 2.05) is 0 Å². The molecule has 1 N–H and O–H groups in total. The number of halogens is 1. The van der Waals surface area contributed by atoms with Crippen molar-refractivity contribution in [3.63, 3.8) is 0 Å². The molecule has 4 heteroatoms. The zero-order valence-corrected chi connectivity index (χ0v) is 13.1. The summed E-state index contributed by atoms with van der Waals surface area (Å²) in [5, 5.41) is 3.57. The van der Waals surface area contributed by atoms with Gasteiger partial charge in [-0.15, -0.1) is 12.4 Å². The molecule has 0 radical (unpaired) electrons. The van der Waals surface area contributed by atoms with Crippen LogP contribution in [0.15, 0.2) is 24.3 Å². The standard InChI is InChI=1S/C16H23NO2.ClH/c1-13-5-3-4-6-14(13)15(17-2)7-9-16(10-8-15)18-11-12-19-16;/h3-6,17H,7-12H2,1-2H3;1H. The van der Waals surface area contributed by atoms with E-state index in [1.165, 1.54) is 11.1 Å². The minimum Gasteiger partial charge on any atom is -0.348 e. The molecule has 3 rings (SSSR count). The average molecular weight is 298 g/mol. The fraction of sp³-hybridized carbons (Fsp3) is 0.625. The summed E-state index contributed by atoms with van der Waals surface area (Å²) in [5.74, 6) is -0.289. The molecule has 2 fully saturated rings. The number of nitrogens with one attached hydrogen (secondary N) is 1. The molecule has 1 aliphatic heterocycles. The van der Waals surface area contributed by atoms with Crippen LogP contribution < -0.4 is 5.32 Å². The molecule has 0 unspecified atom stereocenters. The van der Waals surface area contributed by atoms with E-state index in [-0.39, 0.29) is 23.7 Å². The zero-order chi connectivity index (χ0) is 13.3. The van der Waals surface area contributed by atoms with Crippen molar-refractivity contribution in [3.05, 3.63) is 35.4 Å². The summed E-state index contributed by atoms with van der Waals surface area (Å²) >= 11 is 0. The number of ether oxygens (including phenoxy) is 2. The summed E-state index contributed by atoms with van der Waals surface area (Å²) < 4.78 is 11.7. The van der Waals surface area contributed by atoms with E-state index in [0.29, 0.717) is 0 Å². The number of hydrogen-bond donors (Lipinski definition) is 1. The second-order valence-electron chi connectivity index (χ2n) is 5.75. The first-order chi connectivity index (χ1) is 9.20. The summed E-state index contributed by atoms with van der Waals surface area (Å²) in [7, 11) is 2.07. The molecule has 0 amide bonds. The Morgan fingerprint density at radius 1 is 1.00 bits per heavy atom. The van der Waals surface area contributed by atoms with Crippen LogP contribution in [-0.4, -0.2) is 26.0 Å². The largest absolute Gasteiger partial charge is 0.348 e. The van der Waals surface area contributed by atoms with Crippen LogP contribution in [0.2, 0.25) is 0 Å². The van der Waals surface area contributed by atoms with E-state index in [1.54, 1.807) is 0 Å². The quantitative estimate of drug-likeness (QED) is 0.910. The maximum absolute atomic E-state index is 5.84. The maximum Gasteiger partial charge on any atom is 0.168 e. The smallest absolute Gasteiger partial charge is 0.168 e. The number of benzene rings is 1. The Bertz CT molecular complexity index is 448. The lowest BCUT2D eigenvalue weighted by atomic mass is 9.73. The zero-order valence-electron chi connectivity index (χ0n) is 12.3. The summed E-state index contributed by atoms with van der Waals surface area (Å²) in [5.41, 5.74) is 2.86. The molecule has 1 aromatic carbocycles. The van der Waals surface area contributed by atoms with Crippen molar-refractivity contribution < 1.29 is 9.47 Å². The van der Waals surface area contributed by atoms with Gasteiger partial charge in [0.2, 0.25) is 0 Å². The van der Waals surface area contributed by atoms with Crippen molar-refractivity contribution in [2.24, 2.45) is 0 Å². The molecule has 1 heterocycles. The molecule has 0 aromatic heterocycles. The maximum atomic E-state index is 5.84. The third kappa shape index (κ3) is 2.60. The summed E-state index contributed by atoms with van der Waals surface area (Å²) in [6.07, 6.45) is 4.08. The summed E-state index contributed by atoms with van der Waals surface area (Å²) in [6, 6.07) is 8.69. The van der Waals surface area contributed by atoms with Crippen molar-refractivity contribution in [2.45, 2.75) is 43.9 Å². The van der Waals surface area contributed by atoms with Crippen molar-refractivity contribution in [2.75, 3.05) is 20.3 Å². The minimum atomic E-state index is -0.289. The molecule has 0 bridgehead atoms. The lowest BCUT2D eigenvalue weighted by Gasteiger charge is -2.44. The Labute approximate surface area is 127 Å². The first-order valence-electron chi connectivity index (χ1n) is 7.23. The molecule has 0 atom stereocenters. The monoisotopic (exact) mass is 297 g/mol. The average Bonchev–Trinajstić information content (AvgIpc) is 2.90. The highest BCUT2D eigenvalue weighted by molar-refractivity contribution is 5.85. The highest BCUT2D eigenvalue weighted by atomic mass is 35.5. The van der Waals surface area contributed by atoms with Crippen LogP contribution in [0, 0.1) is 6.92 Å². The molecule has 1 aromatic rings. The molecule has 112 valence electrons. The van der Waals surface area contributed by atoms with Gasteiger partial charge >= 0.3 is 0 Å². The first kappa shape index (κ1) is 15.8. The van der Waals surface area contributed by atoms with E-state index >= 15 is 0 Å². The van der Waals surface area contributed by atoms with Crippen LogP contribution in [0.25, 0.3) is 0 Å². The second kappa shape index (κ2) is 6.02. The summed E-state index contributed by atoms with van der Waals surface area (Å²) in [4.78, 5) is 0. The van der Waals surface area contributed by atoms with Gasteiger partial charge in [-0.3, -0.25) is 0 Å². The predicted molar refractivity (Wildman–Crippen MR) is 82.3 cm³/mol. The Morgan fingerprint density at radius 3 is 2.15 bits per heavy atom. The lowest BCUT2D eigenvalue weighted by Crippen LogP contribution is -2.49. The predicted octanol–water partition coefficient (Wildman–Crippen LogP) is 3.15. The Hall–Kier alpha value is -0.610. The van der Waals surface area contributed by atoms with Gasteiger partial charge in [0.05, 0.1) is 13.2 Å². The second-order valence-corrected chi connectivity index (χ2v) is 5.75. The molecule has 3 nitrogen and oxygen atoms in total. The molecule has 1 aliphatic carbocycles. The fourth-order valence-electron chi connectivity index (χ4n) is 3.61. The number of rotatable bonds is 2. The van der Waals surface area contributed by atoms with Gasteiger partial charge in [-0.2, -0.15) is 0 Å². The van der Waals surface area contributed by atoms with Gasteiger partial charge in [0.25, 0.3) is 0 Å².